The fraction of sp³-hybridized carbons (Fsp3) is 0.250. The molecule has 2 heterocycles. The number of aromatic nitrogens is 3. The van der Waals surface area contributed by atoms with Crippen molar-refractivity contribution in [2.75, 3.05) is 7.05 Å². The van der Waals surface area contributed by atoms with Gasteiger partial charge in [-0.15, -0.1) is 0 Å². The summed E-state index contributed by atoms with van der Waals surface area (Å²) in [6, 6.07) is 4.46. The van der Waals surface area contributed by atoms with Crippen LogP contribution in [0.3, 0.4) is 0 Å². The summed E-state index contributed by atoms with van der Waals surface area (Å²) in [7, 11) is -3.46. The predicted molar refractivity (Wildman–Crippen MR) is 114 cm³/mol. The molecule has 0 aliphatic carbocycles. The Labute approximate surface area is 204 Å². The van der Waals surface area contributed by atoms with Gasteiger partial charge in [-0.05, 0) is 42.0 Å². The molecule has 1 aromatic carbocycles. The lowest BCUT2D eigenvalue weighted by Crippen LogP contribution is -2.28. The first-order valence-electron chi connectivity index (χ1n) is 9.64. The van der Waals surface area contributed by atoms with Crippen molar-refractivity contribution in [2.24, 2.45) is 0 Å². The minimum Gasteiger partial charge on any atom is -0.477 e. The number of nitrogens with zero attached hydrogens (tertiary/aromatic N) is 4. The molecule has 2 aromatic heterocycles. The second-order valence-corrected chi connectivity index (χ2v) is 9.96. The van der Waals surface area contributed by atoms with Crippen LogP contribution in [0.2, 0.25) is 5.02 Å². The van der Waals surface area contributed by atoms with Crippen molar-refractivity contribution < 1.29 is 44.7 Å². The first-order valence-corrected chi connectivity index (χ1v) is 11.6. The van der Waals surface area contributed by atoms with E-state index in [1.54, 1.807) is 0 Å². The van der Waals surface area contributed by atoms with Crippen LogP contribution in [-0.4, -0.2) is 45.6 Å². The lowest BCUT2D eigenvalue weighted by atomic mass is 10.1. The molecule has 0 aliphatic heterocycles. The maximum atomic E-state index is 13.1. The third-order valence-electron chi connectivity index (χ3n) is 4.77. The van der Waals surface area contributed by atoms with Gasteiger partial charge in [0.15, 0.2) is 11.5 Å². The van der Waals surface area contributed by atoms with Gasteiger partial charge in [-0.2, -0.15) is 35.7 Å². The lowest BCUT2D eigenvalue weighted by molar-refractivity contribution is -0.143. The molecule has 0 bridgehead atoms. The molecule has 3 rings (SSSR count). The normalized spacial score (nSPS) is 12.8. The third kappa shape index (κ3) is 6.14. The van der Waals surface area contributed by atoms with Gasteiger partial charge in [0, 0.05) is 13.2 Å². The van der Waals surface area contributed by atoms with Crippen LogP contribution in [0.25, 0.3) is 5.82 Å². The van der Waals surface area contributed by atoms with E-state index in [1.807, 2.05) is 0 Å². The van der Waals surface area contributed by atoms with Crippen LogP contribution in [-0.2, 0) is 34.7 Å². The number of alkyl halides is 6. The number of pyridine rings is 1. The van der Waals surface area contributed by atoms with E-state index in [2.05, 4.69) is 10.1 Å². The van der Waals surface area contributed by atoms with Gasteiger partial charge in [-0.3, -0.25) is 0 Å². The number of aromatic carboxylic acids is 1. The summed E-state index contributed by atoms with van der Waals surface area (Å²) in [5, 5.41) is 13.5. The van der Waals surface area contributed by atoms with Crippen LogP contribution in [0.4, 0.5) is 26.3 Å². The molecule has 0 saturated heterocycles. The maximum Gasteiger partial charge on any atom is 0.416 e. The molecule has 194 valence electrons. The van der Waals surface area contributed by atoms with Crippen molar-refractivity contribution in [3.8, 4) is 5.82 Å². The molecule has 0 aliphatic rings. The molecule has 0 radical (unpaired) electrons. The van der Waals surface area contributed by atoms with Crippen molar-refractivity contribution in [2.45, 2.75) is 24.7 Å². The van der Waals surface area contributed by atoms with Crippen molar-refractivity contribution in [3.63, 3.8) is 0 Å². The zero-order chi connectivity index (χ0) is 27.1. The van der Waals surface area contributed by atoms with E-state index in [9.17, 15) is 44.7 Å². The molecule has 0 unspecified atom stereocenters. The smallest absolute Gasteiger partial charge is 0.416 e. The van der Waals surface area contributed by atoms with E-state index < -0.39 is 63.0 Å². The summed E-state index contributed by atoms with van der Waals surface area (Å²) < 4.78 is 106. The highest BCUT2D eigenvalue weighted by molar-refractivity contribution is 7.88. The van der Waals surface area contributed by atoms with E-state index in [1.165, 1.54) is 18.3 Å². The molecule has 0 fully saturated rings. The number of benzene rings is 1. The van der Waals surface area contributed by atoms with Gasteiger partial charge in [0.05, 0.1) is 34.1 Å². The standard InChI is InChI=1S/C20H15ClF6N4O4S/c1-30(9-14-8-16(18(32)33)31(29-14)17-15(21)3-2-4-28-17)36(34,35)10-11-5-12(19(22,23)24)7-13(6-11)20(25,26)27/h2-8H,9-10H2,1H3,(H,32,33). The van der Waals surface area contributed by atoms with Gasteiger partial charge in [0.2, 0.25) is 10.0 Å². The van der Waals surface area contributed by atoms with Gasteiger partial charge in [-0.1, -0.05) is 11.6 Å². The van der Waals surface area contributed by atoms with Crippen LogP contribution in [0.15, 0.2) is 42.6 Å². The summed E-state index contributed by atoms with van der Waals surface area (Å²) >= 11 is 6.02. The zero-order valence-electron chi connectivity index (χ0n) is 18.0. The Morgan fingerprint density at radius 3 is 2.17 bits per heavy atom. The van der Waals surface area contributed by atoms with E-state index in [4.69, 9.17) is 11.6 Å². The van der Waals surface area contributed by atoms with Crippen molar-refractivity contribution in [1.29, 1.82) is 0 Å². The highest BCUT2D eigenvalue weighted by Gasteiger charge is 2.37. The van der Waals surface area contributed by atoms with Crippen LogP contribution in [0.5, 0.6) is 0 Å². The minimum absolute atomic E-state index is 0.0423. The van der Waals surface area contributed by atoms with Crippen LogP contribution >= 0.6 is 11.6 Å². The molecule has 16 heteroatoms. The highest BCUT2D eigenvalue weighted by atomic mass is 35.5. The first kappa shape index (κ1) is 27.4. The average Bonchev–Trinajstić information content (AvgIpc) is 3.16. The zero-order valence-corrected chi connectivity index (χ0v) is 19.5. The molecule has 0 saturated carbocycles. The Morgan fingerprint density at radius 2 is 1.67 bits per heavy atom. The number of carbonyl (C=O) groups is 1. The summed E-state index contributed by atoms with van der Waals surface area (Å²) in [5.41, 5.74) is -4.55. The monoisotopic (exact) mass is 556 g/mol. The second kappa shape index (κ2) is 9.71. The number of carboxylic acids is 1. The van der Waals surface area contributed by atoms with Crippen LogP contribution in [0, 0.1) is 0 Å². The highest BCUT2D eigenvalue weighted by Crippen LogP contribution is 2.36. The molecule has 1 N–H and O–H groups in total. The number of hydrogen-bond acceptors (Lipinski definition) is 5. The van der Waals surface area contributed by atoms with Crippen molar-refractivity contribution in [1.82, 2.24) is 19.1 Å². The number of carboxylic acid groups (broad SMARTS) is 1. The molecule has 0 atom stereocenters. The Bertz CT molecular complexity index is 1370. The van der Waals surface area contributed by atoms with E-state index >= 15 is 0 Å². The Hall–Kier alpha value is -3.17. The fourth-order valence-electron chi connectivity index (χ4n) is 3.10. The van der Waals surface area contributed by atoms with Crippen LogP contribution in [0.1, 0.15) is 32.9 Å². The van der Waals surface area contributed by atoms with E-state index in [-0.39, 0.29) is 22.6 Å². The topological polar surface area (TPSA) is 105 Å². The molecular weight excluding hydrogens is 542 g/mol. The lowest BCUT2D eigenvalue weighted by Gasteiger charge is -2.18. The predicted octanol–water partition coefficient (Wildman–Crippen LogP) is 4.62. The Morgan fingerprint density at radius 1 is 1.08 bits per heavy atom. The molecular formula is C20H15ClF6N4O4S. The van der Waals surface area contributed by atoms with Crippen molar-refractivity contribution in [3.05, 3.63) is 75.7 Å². The SMILES string of the molecule is CN(Cc1cc(C(=O)O)n(-c2ncccc2Cl)n1)S(=O)(=O)Cc1cc(C(F)(F)F)cc(C(F)(F)F)c1. The number of halogens is 7. The number of hydrogen-bond donors (Lipinski definition) is 1. The van der Waals surface area contributed by atoms with Gasteiger partial charge in [-0.25, -0.2) is 22.9 Å². The quantitative estimate of drug-likeness (QED) is 0.426. The van der Waals surface area contributed by atoms with Gasteiger partial charge >= 0.3 is 18.3 Å². The Kier molecular flexibility index (Phi) is 7.39. The number of sulfonamides is 1. The molecule has 8 nitrogen and oxygen atoms in total. The van der Waals surface area contributed by atoms with Crippen molar-refractivity contribution >= 4 is 27.6 Å². The maximum absolute atomic E-state index is 13.1. The van der Waals surface area contributed by atoms with Gasteiger partial charge < -0.3 is 5.11 Å². The fourth-order valence-corrected chi connectivity index (χ4v) is 4.44. The molecule has 0 spiro atoms. The largest absolute Gasteiger partial charge is 0.477 e. The summed E-state index contributed by atoms with van der Waals surface area (Å²) in [4.78, 5) is 15.6. The molecule has 0 amide bonds. The van der Waals surface area contributed by atoms with Crippen LogP contribution < -0.4 is 0 Å². The van der Waals surface area contributed by atoms with E-state index in [0.717, 1.165) is 17.8 Å². The second-order valence-electron chi connectivity index (χ2n) is 7.47. The average molecular weight is 557 g/mol. The molecule has 3 aromatic rings. The van der Waals surface area contributed by atoms with Gasteiger partial charge in [0.25, 0.3) is 0 Å². The summed E-state index contributed by atoms with van der Waals surface area (Å²) in [6.07, 6.45) is -8.97. The minimum atomic E-state index is -5.14. The van der Waals surface area contributed by atoms with E-state index in [0.29, 0.717) is 16.4 Å². The summed E-state index contributed by atoms with van der Waals surface area (Å²) in [5.74, 6) is -2.68. The molecule has 36 heavy (non-hydrogen) atoms. The first-order chi connectivity index (χ1) is 16.5. The Balaban J connectivity index is 1.92. The van der Waals surface area contributed by atoms with Gasteiger partial charge in [0.1, 0.15) is 0 Å². The summed E-state index contributed by atoms with van der Waals surface area (Å²) in [6.45, 7) is -0.550. The number of rotatable bonds is 7. The third-order valence-corrected chi connectivity index (χ3v) is 6.85.